The summed E-state index contributed by atoms with van der Waals surface area (Å²) in [5, 5.41) is 7.79. The third-order valence-corrected chi connectivity index (χ3v) is 2.20. The molecule has 5 heteroatoms. The summed E-state index contributed by atoms with van der Waals surface area (Å²) in [4.78, 5) is 0. The lowest BCUT2D eigenvalue weighted by Crippen LogP contribution is -2.33. The maximum Gasteiger partial charge on any atom is 0.170 e. The highest BCUT2D eigenvalue weighted by atomic mass is 35.5. The Bertz CT molecular complexity index is 346. The Balaban J connectivity index is 2.68. The summed E-state index contributed by atoms with van der Waals surface area (Å²) in [7, 11) is 0. The van der Waals surface area contributed by atoms with Crippen molar-refractivity contribution in [2.45, 2.75) is 19.9 Å². The molecule has 1 aromatic carbocycles. The van der Waals surface area contributed by atoms with E-state index in [4.69, 9.17) is 35.4 Å². The van der Waals surface area contributed by atoms with Gasteiger partial charge in [0.15, 0.2) is 5.11 Å². The highest BCUT2D eigenvalue weighted by Gasteiger charge is 2.01. The van der Waals surface area contributed by atoms with E-state index < -0.39 is 0 Å². The number of rotatable bonds is 2. The molecule has 1 rings (SSSR count). The average Bonchev–Trinajstić information content (AvgIpc) is 1.98. The monoisotopic (exact) mass is 262 g/mol. The van der Waals surface area contributed by atoms with E-state index >= 15 is 0 Å². The first-order chi connectivity index (χ1) is 6.97. The molecule has 0 fully saturated rings. The van der Waals surface area contributed by atoms with Gasteiger partial charge < -0.3 is 10.6 Å². The van der Waals surface area contributed by atoms with E-state index in [0.717, 1.165) is 5.69 Å². The van der Waals surface area contributed by atoms with Crippen molar-refractivity contribution in [3.05, 3.63) is 28.2 Å². The van der Waals surface area contributed by atoms with Crippen LogP contribution in [-0.2, 0) is 0 Å². The number of benzene rings is 1. The number of hydrogen-bond acceptors (Lipinski definition) is 1. The fourth-order valence-corrected chi connectivity index (χ4v) is 1.93. The van der Waals surface area contributed by atoms with Crippen LogP contribution in [0.4, 0.5) is 5.69 Å². The SMILES string of the molecule is CC(C)NC(=S)Nc1cc(Cl)cc(Cl)c1. The molecule has 15 heavy (non-hydrogen) atoms. The largest absolute Gasteiger partial charge is 0.360 e. The molecule has 1 aromatic rings. The Morgan fingerprint density at radius 1 is 1.20 bits per heavy atom. The van der Waals surface area contributed by atoms with E-state index in [0.29, 0.717) is 21.2 Å². The van der Waals surface area contributed by atoms with Gasteiger partial charge in [0.2, 0.25) is 0 Å². The summed E-state index contributed by atoms with van der Waals surface area (Å²) in [6.07, 6.45) is 0. The van der Waals surface area contributed by atoms with E-state index in [9.17, 15) is 0 Å². The van der Waals surface area contributed by atoms with Gasteiger partial charge in [0.25, 0.3) is 0 Å². The molecule has 0 aromatic heterocycles. The van der Waals surface area contributed by atoms with Crippen molar-refractivity contribution in [1.29, 1.82) is 0 Å². The van der Waals surface area contributed by atoms with Crippen LogP contribution in [0.5, 0.6) is 0 Å². The Labute approximate surface area is 105 Å². The van der Waals surface area contributed by atoms with Gasteiger partial charge in [-0.3, -0.25) is 0 Å². The topological polar surface area (TPSA) is 24.1 Å². The quantitative estimate of drug-likeness (QED) is 0.796. The number of halogens is 2. The van der Waals surface area contributed by atoms with Crippen molar-refractivity contribution in [1.82, 2.24) is 5.32 Å². The molecule has 0 unspecified atom stereocenters. The first-order valence-electron chi connectivity index (χ1n) is 4.51. The van der Waals surface area contributed by atoms with Gasteiger partial charge in [-0.25, -0.2) is 0 Å². The predicted octanol–water partition coefficient (Wildman–Crippen LogP) is 3.69. The first-order valence-corrected chi connectivity index (χ1v) is 5.67. The van der Waals surface area contributed by atoms with Crippen molar-refractivity contribution >= 4 is 46.2 Å². The smallest absolute Gasteiger partial charge is 0.170 e. The normalized spacial score (nSPS) is 10.2. The molecule has 0 saturated heterocycles. The van der Waals surface area contributed by atoms with Crippen LogP contribution in [0.15, 0.2) is 18.2 Å². The molecule has 0 radical (unpaired) electrons. The fourth-order valence-electron chi connectivity index (χ4n) is 1.06. The molecular formula is C10H12Cl2N2S. The standard InChI is InChI=1S/C10H12Cl2N2S/c1-6(2)13-10(15)14-9-4-7(11)3-8(12)5-9/h3-6H,1-2H3,(H2,13,14,15). The molecule has 0 aliphatic carbocycles. The number of anilines is 1. The van der Waals surface area contributed by atoms with E-state index in [1.807, 2.05) is 13.8 Å². The van der Waals surface area contributed by atoms with Crippen molar-refractivity contribution in [3.63, 3.8) is 0 Å². The van der Waals surface area contributed by atoms with Crippen molar-refractivity contribution in [2.75, 3.05) is 5.32 Å². The van der Waals surface area contributed by atoms with Gasteiger partial charge in [-0.2, -0.15) is 0 Å². The van der Waals surface area contributed by atoms with Crippen LogP contribution in [0, 0.1) is 0 Å². The molecule has 0 aliphatic rings. The molecule has 0 bridgehead atoms. The second-order valence-corrected chi connectivity index (χ2v) is 4.69. The highest BCUT2D eigenvalue weighted by molar-refractivity contribution is 7.80. The predicted molar refractivity (Wildman–Crippen MR) is 71.0 cm³/mol. The summed E-state index contributed by atoms with van der Waals surface area (Å²) in [5.41, 5.74) is 0.783. The van der Waals surface area contributed by atoms with E-state index in [1.54, 1.807) is 18.2 Å². The summed E-state index contributed by atoms with van der Waals surface area (Å²) in [6.45, 7) is 4.03. The molecule has 0 aliphatic heterocycles. The van der Waals surface area contributed by atoms with E-state index in [1.165, 1.54) is 0 Å². The van der Waals surface area contributed by atoms with Crippen molar-refractivity contribution in [2.24, 2.45) is 0 Å². The van der Waals surface area contributed by atoms with Gasteiger partial charge >= 0.3 is 0 Å². The molecule has 2 nitrogen and oxygen atoms in total. The lowest BCUT2D eigenvalue weighted by Gasteiger charge is -2.13. The summed E-state index contributed by atoms with van der Waals surface area (Å²) < 4.78 is 0. The third kappa shape index (κ3) is 4.69. The van der Waals surface area contributed by atoms with Crippen molar-refractivity contribution in [3.8, 4) is 0 Å². The van der Waals surface area contributed by atoms with Gasteiger partial charge in [-0.1, -0.05) is 23.2 Å². The lowest BCUT2D eigenvalue weighted by atomic mass is 10.3. The van der Waals surface area contributed by atoms with E-state index in [-0.39, 0.29) is 0 Å². The van der Waals surface area contributed by atoms with Gasteiger partial charge in [0.1, 0.15) is 0 Å². The Morgan fingerprint density at radius 2 is 1.73 bits per heavy atom. The minimum atomic E-state index is 0.291. The molecule has 0 amide bonds. The minimum absolute atomic E-state index is 0.291. The molecule has 82 valence electrons. The molecule has 0 heterocycles. The van der Waals surface area contributed by atoms with Crippen LogP contribution >= 0.6 is 35.4 Å². The van der Waals surface area contributed by atoms with Crippen LogP contribution < -0.4 is 10.6 Å². The zero-order chi connectivity index (χ0) is 11.4. The average molecular weight is 263 g/mol. The second kappa shape index (κ2) is 5.54. The molecule has 0 spiro atoms. The van der Waals surface area contributed by atoms with Gasteiger partial charge in [0, 0.05) is 21.8 Å². The molecule has 0 saturated carbocycles. The number of thiocarbonyl (C=S) groups is 1. The summed E-state index contributed by atoms with van der Waals surface area (Å²) in [5.74, 6) is 0. The van der Waals surface area contributed by atoms with Crippen LogP contribution in [-0.4, -0.2) is 11.2 Å². The summed E-state index contributed by atoms with van der Waals surface area (Å²) in [6, 6.07) is 5.50. The highest BCUT2D eigenvalue weighted by Crippen LogP contribution is 2.22. The maximum absolute atomic E-state index is 5.85. The zero-order valence-electron chi connectivity index (χ0n) is 8.47. The Kier molecular flexibility index (Phi) is 4.64. The van der Waals surface area contributed by atoms with Crippen LogP contribution in [0.3, 0.4) is 0 Å². The summed E-state index contributed by atoms with van der Waals surface area (Å²) >= 11 is 16.8. The van der Waals surface area contributed by atoms with Gasteiger partial charge in [-0.05, 0) is 44.3 Å². The van der Waals surface area contributed by atoms with Crippen LogP contribution in [0.2, 0.25) is 10.0 Å². The van der Waals surface area contributed by atoms with Crippen molar-refractivity contribution < 1.29 is 0 Å². The molecule has 0 atom stereocenters. The molecular weight excluding hydrogens is 251 g/mol. The molecule has 2 N–H and O–H groups in total. The third-order valence-electron chi connectivity index (χ3n) is 1.54. The fraction of sp³-hybridized carbons (Fsp3) is 0.300. The first kappa shape index (κ1) is 12.6. The van der Waals surface area contributed by atoms with E-state index in [2.05, 4.69) is 10.6 Å². The van der Waals surface area contributed by atoms with Crippen LogP contribution in [0.1, 0.15) is 13.8 Å². The number of hydrogen-bond donors (Lipinski definition) is 2. The zero-order valence-corrected chi connectivity index (χ0v) is 10.8. The van der Waals surface area contributed by atoms with Gasteiger partial charge in [-0.15, -0.1) is 0 Å². The number of nitrogens with one attached hydrogen (secondary N) is 2. The lowest BCUT2D eigenvalue weighted by molar-refractivity contribution is 0.739. The second-order valence-electron chi connectivity index (χ2n) is 3.41. The minimum Gasteiger partial charge on any atom is -0.360 e. The van der Waals surface area contributed by atoms with Gasteiger partial charge in [0.05, 0.1) is 0 Å². The van der Waals surface area contributed by atoms with Crippen LogP contribution in [0.25, 0.3) is 0 Å². The Morgan fingerprint density at radius 3 is 2.20 bits per heavy atom. The Hall–Kier alpha value is -0.510. The maximum atomic E-state index is 5.85.